The standard InChI is InChI=1S/C18H23F3N4O2/c1-11(2)15-9-12(23-27-15)17(26)25-8-6-4-5-7-13(25)14-10-16(18(19,20)21)22-24(14)3/h9-11,13H,4-8H2,1-3H3. The monoisotopic (exact) mass is 384 g/mol. The van der Waals surface area contributed by atoms with Gasteiger partial charge in [-0.25, -0.2) is 0 Å². The molecule has 1 atom stereocenters. The first-order valence-electron chi connectivity index (χ1n) is 9.07. The second-order valence-electron chi connectivity index (χ2n) is 7.21. The van der Waals surface area contributed by atoms with Crippen LogP contribution in [0.3, 0.4) is 0 Å². The van der Waals surface area contributed by atoms with Crippen LogP contribution >= 0.6 is 0 Å². The van der Waals surface area contributed by atoms with Crippen LogP contribution in [0.5, 0.6) is 0 Å². The van der Waals surface area contributed by atoms with Crippen LogP contribution in [0.4, 0.5) is 13.2 Å². The van der Waals surface area contributed by atoms with Crippen LogP contribution in [0.25, 0.3) is 0 Å². The maximum absolute atomic E-state index is 13.0. The summed E-state index contributed by atoms with van der Waals surface area (Å²) in [4.78, 5) is 14.6. The van der Waals surface area contributed by atoms with E-state index in [0.717, 1.165) is 25.3 Å². The molecule has 0 spiro atoms. The van der Waals surface area contributed by atoms with Crippen molar-refractivity contribution in [2.75, 3.05) is 6.54 Å². The number of rotatable bonds is 3. The summed E-state index contributed by atoms with van der Waals surface area (Å²) in [5.74, 6) is 0.363. The molecule has 2 aromatic heterocycles. The van der Waals surface area contributed by atoms with E-state index >= 15 is 0 Å². The normalized spacial score (nSPS) is 18.8. The molecule has 0 bridgehead atoms. The van der Waals surface area contributed by atoms with Crippen molar-refractivity contribution in [1.29, 1.82) is 0 Å². The Morgan fingerprint density at radius 3 is 2.59 bits per heavy atom. The minimum Gasteiger partial charge on any atom is -0.360 e. The van der Waals surface area contributed by atoms with Gasteiger partial charge < -0.3 is 9.42 Å². The Bertz CT molecular complexity index is 810. The smallest absolute Gasteiger partial charge is 0.360 e. The molecule has 9 heteroatoms. The summed E-state index contributed by atoms with van der Waals surface area (Å²) in [6, 6.07) is 2.17. The van der Waals surface area contributed by atoms with Crippen molar-refractivity contribution in [3.63, 3.8) is 0 Å². The predicted octanol–water partition coefficient (Wildman–Crippen LogP) is 4.31. The van der Waals surface area contributed by atoms with E-state index in [9.17, 15) is 18.0 Å². The molecule has 3 heterocycles. The minimum atomic E-state index is -4.52. The second-order valence-corrected chi connectivity index (χ2v) is 7.21. The highest BCUT2D eigenvalue weighted by Gasteiger charge is 2.37. The van der Waals surface area contributed by atoms with Crippen molar-refractivity contribution < 1.29 is 22.5 Å². The molecular weight excluding hydrogens is 361 g/mol. The van der Waals surface area contributed by atoms with Gasteiger partial charge in [0, 0.05) is 25.6 Å². The zero-order valence-electron chi connectivity index (χ0n) is 15.6. The van der Waals surface area contributed by atoms with Crippen LogP contribution in [-0.2, 0) is 13.2 Å². The highest BCUT2D eigenvalue weighted by molar-refractivity contribution is 5.92. The van der Waals surface area contributed by atoms with Gasteiger partial charge in [0.1, 0.15) is 5.76 Å². The van der Waals surface area contributed by atoms with E-state index < -0.39 is 17.9 Å². The largest absolute Gasteiger partial charge is 0.435 e. The Hall–Kier alpha value is -2.32. The van der Waals surface area contributed by atoms with Crippen molar-refractivity contribution in [2.45, 2.75) is 57.7 Å². The van der Waals surface area contributed by atoms with Gasteiger partial charge in [0.25, 0.3) is 5.91 Å². The molecule has 1 aliphatic rings. The van der Waals surface area contributed by atoms with Crippen molar-refractivity contribution in [1.82, 2.24) is 19.8 Å². The molecule has 27 heavy (non-hydrogen) atoms. The zero-order valence-corrected chi connectivity index (χ0v) is 15.6. The quantitative estimate of drug-likeness (QED) is 0.791. The van der Waals surface area contributed by atoms with E-state index in [1.807, 2.05) is 13.8 Å². The van der Waals surface area contributed by atoms with Crippen LogP contribution in [0.15, 0.2) is 16.7 Å². The van der Waals surface area contributed by atoms with E-state index in [1.54, 1.807) is 11.0 Å². The summed E-state index contributed by atoms with van der Waals surface area (Å²) < 4.78 is 45.6. The van der Waals surface area contributed by atoms with Crippen LogP contribution < -0.4 is 0 Å². The third kappa shape index (κ3) is 4.01. The summed E-state index contributed by atoms with van der Waals surface area (Å²) in [6.07, 6.45) is -1.40. The van der Waals surface area contributed by atoms with Crippen molar-refractivity contribution in [3.8, 4) is 0 Å². The van der Waals surface area contributed by atoms with Gasteiger partial charge in [0.2, 0.25) is 0 Å². The van der Waals surface area contributed by atoms with Gasteiger partial charge in [-0.1, -0.05) is 31.8 Å². The van der Waals surface area contributed by atoms with Gasteiger partial charge in [-0.05, 0) is 18.9 Å². The number of aryl methyl sites for hydroxylation is 1. The number of carbonyl (C=O) groups is 1. The van der Waals surface area contributed by atoms with E-state index in [-0.39, 0.29) is 17.5 Å². The fraction of sp³-hybridized carbons (Fsp3) is 0.611. The van der Waals surface area contributed by atoms with Crippen molar-refractivity contribution in [3.05, 3.63) is 35.0 Å². The number of hydrogen-bond acceptors (Lipinski definition) is 4. The molecule has 0 aliphatic carbocycles. The lowest BCUT2D eigenvalue weighted by Crippen LogP contribution is -2.36. The Kier molecular flexibility index (Phi) is 5.30. The van der Waals surface area contributed by atoms with Crippen LogP contribution in [0, 0.1) is 0 Å². The van der Waals surface area contributed by atoms with Crippen LogP contribution in [0.2, 0.25) is 0 Å². The lowest BCUT2D eigenvalue weighted by atomic mass is 10.1. The molecule has 3 rings (SSSR count). The predicted molar refractivity (Wildman–Crippen MR) is 91.0 cm³/mol. The Labute approximate surface area is 155 Å². The van der Waals surface area contributed by atoms with Crippen LogP contribution in [-0.4, -0.2) is 32.3 Å². The number of nitrogens with zero attached hydrogens (tertiary/aromatic N) is 4. The first-order valence-corrected chi connectivity index (χ1v) is 9.07. The highest BCUT2D eigenvalue weighted by atomic mass is 19.4. The van der Waals surface area contributed by atoms with Gasteiger partial charge in [-0.15, -0.1) is 0 Å². The number of carbonyl (C=O) groups excluding carboxylic acids is 1. The minimum absolute atomic E-state index is 0.0883. The van der Waals surface area contributed by atoms with Gasteiger partial charge in [-0.2, -0.15) is 18.3 Å². The molecule has 0 aromatic carbocycles. The first kappa shape index (κ1) is 19.4. The van der Waals surface area contributed by atoms with Gasteiger partial charge in [0.05, 0.1) is 11.7 Å². The molecule has 2 aromatic rings. The zero-order chi connectivity index (χ0) is 19.8. The average molecular weight is 384 g/mol. The Morgan fingerprint density at radius 1 is 1.26 bits per heavy atom. The molecule has 6 nitrogen and oxygen atoms in total. The fourth-order valence-corrected chi connectivity index (χ4v) is 3.40. The lowest BCUT2D eigenvalue weighted by molar-refractivity contribution is -0.141. The maximum Gasteiger partial charge on any atom is 0.435 e. The average Bonchev–Trinajstić information content (AvgIpc) is 3.15. The van der Waals surface area contributed by atoms with E-state index in [4.69, 9.17) is 4.52 Å². The van der Waals surface area contributed by atoms with E-state index in [0.29, 0.717) is 24.4 Å². The molecule has 1 amide bonds. The topological polar surface area (TPSA) is 64.2 Å². The van der Waals surface area contributed by atoms with E-state index in [1.165, 1.54) is 11.7 Å². The Morgan fingerprint density at radius 2 is 2.00 bits per heavy atom. The number of likely N-dealkylation sites (tertiary alicyclic amines) is 1. The lowest BCUT2D eigenvalue weighted by Gasteiger charge is -2.29. The number of alkyl halides is 3. The summed E-state index contributed by atoms with van der Waals surface area (Å²) in [5, 5.41) is 7.47. The molecule has 1 fully saturated rings. The third-order valence-electron chi connectivity index (χ3n) is 4.88. The number of halogens is 3. The molecule has 148 valence electrons. The Balaban J connectivity index is 1.94. The highest BCUT2D eigenvalue weighted by Crippen LogP contribution is 2.35. The maximum atomic E-state index is 13.0. The molecule has 1 unspecified atom stereocenters. The number of aromatic nitrogens is 3. The van der Waals surface area contributed by atoms with E-state index in [2.05, 4.69) is 10.3 Å². The van der Waals surface area contributed by atoms with Gasteiger partial charge in [-0.3, -0.25) is 9.48 Å². The van der Waals surface area contributed by atoms with Crippen molar-refractivity contribution in [2.24, 2.45) is 7.05 Å². The molecule has 1 aliphatic heterocycles. The molecule has 0 radical (unpaired) electrons. The summed E-state index contributed by atoms with van der Waals surface area (Å²) in [6.45, 7) is 4.32. The fourth-order valence-electron chi connectivity index (χ4n) is 3.40. The molecule has 1 saturated heterocycles. The molecular formula is C18H23F3N4O2. The number of amides is 1. The summed E-state index contributed by atoms with van der Waals surface area (Å²) in [5.41, 5.74) is -0.380. The van der Waals surface area contributed by atoms with Gasteiger partial charge in [0.15, 0.2) is 11.4 Å². The first-order chi connectivity index (χ1) is 12.7. The SMILES string of the molecule is CC(C)c1cc(C(=O)N2CCCCCC2c2cc(C(F)(F)F)nn2C)no1. The van der Waals surface area contributed by atoms with Crippen molar-refractivity contribution >= 4 is 5.91 Å². The van der Waals surface area contributed by atoms with Gasteiger partial charge >= 0.3 is 6.18 Å². The number of hydrogen-bond donors (Lipinski definition) is 0. The summed E-state index contributed by atoms with van der Waals surface area (Å²) >= 11 is 0. The third-order valence-corrected chi connectivity index (χ3v) is 4.88. The second kappa shape index (κ2) is 7.36. The summed E-state index contributed by atoms with van der Waals surface area (Å²) in [7, 11) is 1.48. The molecule has 0 N–H and O–H groups in total. The van der Waals surface area contributed by atoms with Crippen LogP contribution in [0.1, 0.15) is 79.1 Å². The molecule has 0 saturated carbocycles.